The highest BCUT2D eigenvalue weighted by Crippen LogP contribution is 2.24. The van der Waals surface area contributed by atoms with Crippen LogP contribution >= 0.6 is 11.3 Å². The van der Waals surface area contributed by atoms with Crippen LogP contribution in [0.3, 0.4) is 0 Å². The van der Waals surface area contributed by atoms with Crippen molar-refractivity contribution in [2.24, 2.45) is 5.73 Å². The Bertz CT molecular complexity index is 328. The van der Waals surface area contributed by atoms with Crippen LogP contribution in [0.5, 0.6) is 0 Å². The number of nitrogens with zero attached hydrogens (tertiary/aromatic N) is 1. The maximum absolute atomic E-state index is 5.96. The van der Waals surface area contributed by atoms with Gasteiger partial charge in [-0.1, -0.05) is 20.8 Å². The minimum atomic E-state index is -0.0515. The molecule has 2 nitrogen and oxygen atoms in total. The first kappa shape index (κ1) is 13.7. The second-order valence-corrected chi connectivity index (χ2v) is 7.16. The average molecular weight is 240 g/mol. The topological polar surface area (TPSA) is 38.9 Å². The summed E-state index contributed by atoms with van der Waals surface area (Å²) in [4.78, 5) is 4.68. The monoisotopic (exact) mass is 240 g/mol. The molecule has 0 radical (unpaired) electrons. The molecule has 0 aromatic carbocycles. The summed E-state index contributed by atoms with van der Waals surface area (Å²) in [6, 6.07) is 0. The molecule has 3 heteroatoms. The lowest BCUT2D eigenvalue weighted by Crippen LogP contribution is -2.31. The van der Waals surface area contributed by atoms with Gasteiger partial charge in [0.15, 0.2) is 0 Å². The van der Waals surface area contributed by atoms with E-state index in [-0.39, 0.29) is 11.0 Å². The van der Waals surface area contributed by atoms with Crippen molar-refractivity contribution in [3.05, 3.63) is 16.1 Å². The van der Waals surface area contributed by atoms with Crippen LogP contribution in [0.15, 0.2) is 5.38 Å². The predicted molar refractivity (Wildman–Crippen MR) is 72.0 cm³/mol. The molecule has 0 aliphatic heterocycles. The van der Waals surface area contributed by atoms with Crippen molar-refractivity contribution >= 4 is 11.3 Å². The first-order valence-corrected chi connectivity index (χ1v) is 6.80. The van der Waals surface area contributed by atoms with Gasteiger partial charge >= 0.3 is 0 Å². The molecule has 0 unspecified atom stereocenters. The molecule has 0 saturated heterocycles. The SMILES string of the molecule is CC(C)(N)CCCc1nc(C(C)(C)C)cs1. The molecule has 0 bridgehead atoms. The van der Waals surface area contributed by atoms with Gasteiger partial charge in [-0.2, -0.15) is 0 Å². The molecule has 2 N–H and O–H groups in total. The van der Waals surface area contributed by atoms with Crippen LogP contribution in [-0.4, -0.2) is 10.5 Å². The molecule has 0 amide bonds. The molecule has 16 heavy (non-hydrogen) atoms. The number of hydrogen-bond donors (Lipinski definition) is 1. The number of aryl methyl sites for hydroxylation is 1. The van der Waals surface area contributed by atoms with E-state index in [9.17, 15) is 0 Å². The quantitative estimate of drug-likeness (QED) is 0.875. The van der Waals surface area contributed by atoms with Crippen molar-refractivity contribution in [2.45, 2.75) is 64.8 Å². The molecule has 0 aliphatic carbocycles. The Morgan fingerprint density at radius 3 is 2.31 bits per heavy atom. The Hall–Kier alpha value is -0.410. The van der Waals surface area contributed by atoms with E-state index in [1.54, 1.807) is 11.3 Å². The highest BCUT2D eigenvalue weighted by atomic mass is 32.1. The summed E-state index contributed by atoms with van der Waals surface area (Å²) in [7, 11) is 0. The molecule has 0 aliphatic rings. The largest absolute Gasteiger partial charge is 0.326 e. The third kappa shape index (κ3) is 4.62. The van der Waals surface area contributed by atoms with Crippen molar-refractivity contribution in [3.63, 3.8) is 0 Å². The van der Waals surface area contributed by atoms with Crippen molar-refractivity contribution in [1.29, 1.82) is 0 Å². The van der Waals surface area contributed by atoms with E-state index < -0.39 is 0 Å². The fourth-order valence-electron chi connectivity index (χ4n) is 1.47. The molecular formula is C13H24N2S. The summed E-state index contributed by atoms with van der Waals surface area (Å²) < 4.78 is 0. The van der Waals surface area contributed by atoms with Crippen LogP contribution in [0.1, 0.15) is 58.2 Å². The number of nitrogens with two attached hydrogens (primary N) is 1. The van der Waals surface area contributed by atoms with Crippen LogP contribution in [0.2, 0.25) is 0 Å². The molecular weight excluding hydrogens is 216 g/mol. The zero-order valence-electron chi connectivity index (χ0n) is 11.1. The maximum atomic E-state index is 5.96. The molecule has 92 valence electrons. The Labute approximate surface area is 103 Å². The zero-order valence-corrected chi connectivity index (χ0v) is 11.9. The maximum Gasteiger partial charge on any atom is 0.0928 e. The van der Waals surface area contributed by atoms with Crippen LogP contribution in [0, 0.1) is 0 Å². The van der Waals surface area contributed by atoms with Crippen molar-refractivity contribution < 1.29 is 0 Å². The highest BCUT2D eigenvalue weighted by Gasteiger charge is 2.17. The third-order valence-corrected chi connectivity index (χ3v) is 3.44. The lowest BCUT2D eigenvalue weighted by atomic mass is 9.93. The lowest BCUT2D eigenvalue weighted by molar-refractivity contribution is 0.458. The van der Waals surface area contributed by atoms with E-state index in [1.807, 2.05) is 0 Å². The second-order valence-electron chi connectivity index (χ2n) is 6.22. The van der Waals surface area contributed by atoms with E-state index in [2.05, 4.69) is 45.0 Å². The van der Waals surface area contributed by atoms with Crippen molar-refractivity contribution in [3.8, 4) is 0 Å². The Kier molecular flexibility index (Phi) is 4.13. The van der Waals surface area contributed by atoms with E-state index in [0.29, 0.717) is 0 Å². The molecule has 1 heterocycles. The van der Waals surface area contributed by atoms with Gasteiger partial charge in [-0.3, -0.25) is 0 Å². The highest BCUT2D eigenvalue weighted by molar-refractivity contribution is 7.09. The Morgan fingerprint density at radius 2 is 1.88 bits per heavy atom. The van der Waals surface area contributed by atoms with Gasteiger partial charge in [0.05, 0.1) is 10.7 Å². The van der Waals surface area contributed by atoms with Gasteiger partial charge in [-0.05, 0) is 33.1 Å². The minimum absolute atomic E-state index is 0.0515. The number of aromatic nitrogens is 1. The van der Waals surface area contributed by atoms with E-state index in [1.165, 1.54) is 10.7 Å². The van der Waals surface area contributed by atoms with Gasteiger partial charge in [-0.15, -0.1) is 11.3 Å². The first-order chi connectivity index (χ1) is 7.18. The summed E-state index contributed by atoms with van der Waals surface area (Å²) in [5.74, 6) is 0. The molecule has 0 fully saturated rings. The van der Waals surface area contributed by atoms with Gasteiger partial charge in [0, 0.05) is 16.3 Å². The third-order valence-electron chi connectivity index (χ3n) is 2.53. The molecule has 1 aromatic heterocycles. The van der Waals surface area contributed by atoms with Gasteiger partial charge in [0.2, 0.25) is 0 Å². The second kappa shape index (κ2) is 4.84. The summed E-state index contributed by atoms with van der Waals surface area (Å²) in [5, 5.41) is 3.43. The standard InChI is InChI=1S/C13H24N2S/c1-12(2,3)10-9-16-11(15-10)7-6-8-13(4,5)14/h9H,6-8,14H2,1-5H3. The van der Waals surface area contributed by atoms with Crippen LogP contribution < -0.4 is 5.73 Å². The van der Waals surface area contributed by atoms with E-state index in [0.717, 1.165) is 19.3 Å². The molecule has 1 aromatic rings. The van der Waals surface area contributed by atoms with Crippen LogP contribution in [-0.2, 0) is 11.8 Å². The zero-order chi connectivity index (χ0) is 12.4. The molecule has 0 spiro atoms. The van der Waals surface area contributed by atoms with Crippen molar-refractivity contribution in [1.82, 2.24) is 4.98 Å². The van der Waals surface area contributed by atoms with E-state index >= 15 is 0 Å². The Balaban J connectivity index is 2.48. The lowest BCUT2D eigenvalue weighted by Gasteiger charge is -2.17. The molecule has 1 rings (SSSR count). The van der Waals surface area contributed by atoms with Crippen molar-refractivity contribution in [2.75, 3.05) is 0 Å². The minimum Gasteiger partial charge on any atom is -0.326 e. The fraction of sp³-hybridized carbons (Fsp3) is 0.769. The van der Waals surface area contributed by atoms with Gasteiger partial charge in [-0.25, -0.2) is 4.98 Å². The van der Waals surface area contributed by atoms with Crippen LogP contribution in [0.4, 0.5) is 0 Å². The summed E-state index contributed by atoms with van der Waals surface area (Å²) >= 11 is 1.78. The summed E-state index contributed by atoms with van der Waals surface area (Å²) in [5.41, 5.74) is 7.28. The number of thiazole rings is 1. The predicted octanol–water partition coefficient (Wildman–Crippen LogP) is 3.50. The fourth-order valence-corrected chi connectivity index (χ4v) is 2.53. The molecule has 0 atom stereocenters. The van der Waals surface area contributed by atoms with Gasteiger partial charge < -0.3 is 5.73 Å². The van der Waals surface area contributed by atoms with Gasteiger partial charge in [0.25, 0.3) is 0 Å². The van der Waals surface area contributed by atoms with Gasteiger partial charge in [0.1, 0.15) is 0 Å². The smallest absolute Gasteiger partial charge is 0.0928 e. The Morgan fingerprint density at radius 1 is 1.25 bits per heavy atom. The van der Waals surface area contributed by atoms with Crippen LogP contribution in [0.25, 0.3) is 0 Å². The first-order valence-electron chi connectivity index (χ1n) is 5.92. The van der Waals surface area contributed by atoms with E-state index in [4.69, 9.17) is 5.73 Å². The number of rotatable bonds is 4. The summed E-state index contributed by atoms with van der Waals surface area (Å²) in [6.45, 7) is 10.8. The summed E-state index contributed by atoms with van der Waals surface area (Å²) in [6.07, 6.45) is 3.24. The average Bonchev–Trinajstić information content (AvgIpc) is 2.49. The number of hydrogen-bond acceptors (Lipinski definition) is 3. The molecule has 0 saturated carbocycles. The normalized spacial score (nSPS) is 13.1.